The van der Waals surface area contributed by atoms with Gasteiger partial charge >= 0.3 is 0 Å². The standard InChI is InChI=1S/C11H21N5/c1-5-9-10(6-2)14-15-11(13-9)12-7-8-16(3)4/h5-8H2,1-4H3,(H,12,13,15). The second-order valence-electron chi connectivity index (χ2n) is 3.97. The Labute approximate surface area is 97.3 Å². The Balaban J connectivity index is 2.60. The number of hydrogen-bond donors (Lipinski definition) is 1. The molecule has 0 aliphatic rings. The Morgan fingerprint density at radius 3 is 2.31 bits per heavy atom. The van der Waals surface area contributed by atoms with Gasteiger partial charge in [0, 0.05) is 13.1 Å². The number of nitrogens with zero attached hydrogens (tertiary/aromatic N) is 4. The van der Waals surface area contributed by atoms with Crippen molar-refractivity contribution in [2.45, 2.75) is 26.7 Å². The van der Waals surface area contributed by atoms with Gasteiger partial charge in [-0.3, -0.25) is 0 Å². The van der Waals surface area contributed by atoms with Crippen LogP contribution in [0.4, 0.5) is 5.95 Å². The summed E-state index contributed by atoms with van der Waals surface area (Å²) in [5, 5.41) is 11.4. The second-order valence-corrected chi connectivity index (χ2v) is 3.97. The van der Waals surface area contributed by atoms with Crippen LogP contribution in [0.5, 0.6) is 0 Å². The second kappa shape index (κ2) is 6.37. The van der Waals surface area contributed by atoms with E-state index in [0.717, 1.165) is 37.3 Å². The first kappa shape index (κ1) is 12.8. The fourth-order valence-electron chi connectivity index (χ4n) is 1.40. The number of rotatable bonds is 6. The van der Waals surface area contributed by atoms with Gasteiger partial charge < -0.3 is 10.2 Å². The molecule has 0 bridgehead atoms. The molecule has 0 spiro atoms. The summed E-state index contributed by atoms with van der Waals surface area (Å²) in [6, 6.07) is 0. The molecule has 1 N–H and O–H groups in total. The number of nitrogens with one attached hydrogen (secondary N) is 1. The summed E-state index contributed by atoms with van der Waals surface area (Å²) < 4.78 is 0. The molecule has 0 radical (unpaired) electrons. The Bertz CT molecular complexity index is 324. The van der Waals surface area contributed by atoms with Crippen molar-refractivity contribution in [2.24, 2.45) is 0 Å². The zero-order chi connectivity index (χ0) is 12.0. The van der Waals surface area contributed by atoms with Crippen molar-refractivity contribution in [1.29, 1.82) is 0 Å². The third kappa shape index (κ3) is 3.73. The molecule has 90 valence electrons. The Morgan fingerprint density at radius 1 is 1.06 bits per heavy atom. The van der Waals surface area contributed by atoms with E-state index in [1.54, 1.807) is 0 Å². The summed E-state index contributed by atoms with van der Waals surface area (Å²) in [6.45, 7) is 5.96. The first-order valence-electron chi connectivity index (χ1n) is 5.78. The lowest BCUT2D eigenvalue weighted by atomic mass is 10.2. The molecule has 0 aliphatic heterocycles. The molecular weight excluding hydrogens is 202 g/mol. The number of anilines is 1. The van der Waals surface area contributed by atoms with E-state index in [2.05, 4.69) is 39.2 Å². The van der Waals surface area contributed by atoms with E-state index in [-0.39, 0.29) is 0 Å². The minimum Gasteiger partial charge on any atom is -0.352 e. The van der Waals surface area contributed by atoms with Crippen LogP contribution < -0.4 is 5.32 Å². The lowest BCUT2D eigenvalue weighted by molar-refractivity contribution is 0.424. The minimum atomic E-state index is 0.635. The summed E-state index contributed by atoms with van der Waals surface area (Å²) in [6.07, 6.45) is 1.79. The molecule has 0 saturated heterocycles. The predicted octanol–water partition coefficient (Wildman–Crippen LogP) is 0.970. The third-order valence-corrected chi connectivity index (χ3v) is 2.35. The van der Waals surface area contributed by atoms with Gasteiger partial charge in [0.05, 0.1) is 11.4 Å². The van der Waals surface area contributed by atoms with Crippen LogP contribution in [-0.2, 0) is 12.8 Å². The molecule has 1 heterocycles. The zero-order valence-corrected chi connectivity index (χ0v) is 10.6. The molecular formula is C11H21N5. The summed E-state index contributed by atoms with van der Waals surface area (Å²) in [5.41, 5.74) is 2.05. The SMILES string of the molecule is CCc1nnc(NCCN(C)C)nc1CC. The van der Waals surface area contributed by atoms with E-state index in [9.17, 15) is 0 Å². The van der Waals surface area contributed by atoms with Crippen molar-refractivity contribution in [3.8, 4) is 0 Å². The van der Waals surface area contributed by atoms with Crippen molar-refractivity contribution in [3.05, 3.63) is 11.4 Å². The highest BCUT2D eigenvalue weighted by Gasteiger charge is 2.05. The van der Waals surface area contributed by atoms with Gasteiger partial charge in [-0.15, -0.1) is 5.10 Å². The van der Waals surface area contributed by atoms with Gasteiger partial charge in [0.2, 0.25) is 5.95 Å². The highest BCUT2D eigenvalue weighted by molar-refractivity contribution is 5.25. The molecule has 0 saturated carbocycles. The van der Waals surface area contributed by atoms with Crippen molar-refractivity contribution in [1.82, 2.24) is 20.1 Å². The fourth-order valence-corrected chi connectivity index (χ4v) is 1.40. The number of aromatic nitrogens is 3. The molecule has 1 rings (SSSR count). The van der Waals surface area contributed by atoms with Crippen LogP contribution in [0, 0.1) is 0 Å². The molecule has 0 fully saturated rings. The van der Waals surface area contributed by atoms with Gasteiger partial charge in [0.15, 0.2) is 0 Å². The Kier molecular flexibility index (Phi) is 5.11. The molecule has 1 aromatic rings. The average Bonchev–Trinajstić information content (AvgIpc) is 2.28. The maximum atomic E-state index is 4.46. The van der Waals surface area contributed by atoms with Crippen LogP contribution in [0.2, 0.25) is 0 Å². The maximum Gasteiger partial charge on any atom is 0.243 e. The van der Waals surface area contributed by atoms with Crippen LogP contribution in [0.15, 0.2) is 0 Å². The smallest absolute Gasteiger partial charge is 0.243 e. The predicted molar refractivity (Wildman–Crippen MR) is 65.6 cm³/mol. The van der Waals surface area contributed by atoms with Crippen molar-refractivity contribution in [2.75, 3.05) is 32.5 Å². The first-order valence-corrected chi connectivity index (χ1v) is 5.78. The molecule has 0 unspecified atom stereocenters. The van der Waals surface area contributed by atoms with E-state index in [1.165, 1.54) is 0 Å². The quantitative estimate of drug-likeness (QED) is 0.779. The monoisotopic (exact) mass is 223 g/mol. The highest BCUT2D eigenvalue weighted by atomic mass is 15.2. The van der Waals surface area contributed by atoms with E-state index in [4.69, 9.17) is 0 Å². The minimum absolute atomic E-state index is 0.635. The van der Waals surface area contributed by atoms with Crippen LogP contribution in [-0.4, -0.2) is 47.3 Å². The molecule has 16 heavy (non-hydrogen) atoms. The molecule has 5 nitrogen and oxygen atoms in total. The lowest BCUT2D eigenvalue weighted by Crippen LogP contribution is -2.22. The van der Waals surface area contributed by atoms with Gasteiger partial charge in [-0.25, -0.2) is 4.98 Å². The van der Waals surface area contributed by atoms with E-state index < -0.39 is 0 Å². The Morgan fingerprint density at radius 2 is 1.75 bits per heavy atom. The van der Waals surface area contributed by atoms with Gasteiger partial charge in [0.25, 0.3) is 0 Å². The number of likely N-dealkylation sites (N-methyl/N-ethyl adjacent to an activating group) is 1. The van der Waals surface area contributed by atoms with Crippen molar-refractivity contribution < 1.29 is 0 Å². The molecule has 0 amide bonds. The van der Waals surface area contributed by atoms with Crippen LogP contribution in [0.1, 0.15) is 25.2 Å². The first-order chi connectivity index (χ1) is 7.67. The molecule has 0 aromatic carbocycles. The van der Waals surface area contributed by atoms with Crippen molar-refractivity contribution >= 4 is 5.95 Å². The summed E-state index contributed by atoms with van der Waals surface area (Å²) >= 11 is 0. The van der Waals surface area contributed by atoms with Gasteiger partial charge in [-0.2, -0.15) is 5.10 Å². The van der Waals surface area contributed by atoms with Crippen LogP contribution in [0.25, 0.3) is 0 Å². The Hall–Kier alpha value is -1.23. The molecule has 0 aliphatic carbocycles. The van der Waals surface area contributed by atoms with E-state index >= 15 is 0 Å². The van der Waals surface area contributed by atoms with Crippen LogP contribution in [0.3, 0.4) is 0 Å². The maximum absolute atomic E-state index is 4.46. The zero-order valence-electron chi connectivity index (χ0n) is 10.6. The summed E-state index contributed by atoms with van der Waals surface area (Å²) in [5.74, 6) is 0.635. The normalized spacial score (nSPS) is 10.8. The number of hydrogen-bond acceptors (Lipinski definition) is 5. The summed E-state index contributed by atoms with van der Waals surface area (Å²) in [7, 11) is 4.08. The molecule has 1 aromatic heterocycles. The third-order valence-electron chi connectivity index (χ3n) is 2.35. The van der Waals surface area contributed by atoms with Gasteiger partial charge in [-0.1, -0.05) is 13.8 Å². The van der Waals surface area contributed by atoms with Crippen molar-refractivity contribution in [3.63, 3.8) is 0 Å². The van der Waals surface area contributed by atoms with Gasteiger partial charge in [-0.05, 0) is 26.9 Å². The van der Waals surface area contributed by atoms with E-state index in [0.29, 0.717) is 5.95 Å². The lowest BCUT2D eigenvalue weighted by Gasteiger charge is -2.11. The molecule has 5 heteroatoms. The number of aryl methyl sites for hydroxylation is 2. The van der Waals surface area contributed by atoms with Crippen LogP contribution >= 0.6 is 0 Å². The van der Waals surface area contributed by atoms with E-state index in [1.807, 2.05) is 14.1 Å². The molecule has 0 atom stereocenters. The highest BCUT2D eigenvalue weighted by Crippen LogP contribution is 2.06. The summed E-state index contributed by atoms with van der Waals surface area (Å²) in [4.78, 5) is 6.57. The topological polar surface area (TPSA) is 53.9 Å². The average molecular weight is 223 g/mol. The largest absolute Gasteiger partial charge is 0.352 e. The fraction of sp³-hybridized carbons (Fsp3) is 0.727. The van der Waals surface area contributed by atoms with Gasteiger partial charge in [0.1, 0.15) is 0 Å².